The Balaban J connectivity index is 0.000000127. The van der Waals surface area contributed by atoms with Crippen LogP contribution in [0.1, 0.15) is 0 Å². The molecule has 482 valence electrons. The average molecular weight is 1340 g/mol. The first-order chi connectivity index (χ1) is 51.6. The van der Waals surface area contributed by atoms with E-state index < -0.39 is 0 Å². The minimum Gasteiger partial charge on any atom is -0.311 e. The highest BCUT2D eigenvalue weighted by atomic mass is 32.1. The highest BCUT2D eigenvalue weighted by Gasteiger charge is 2.30. The smallest absolute Gasteiger partial charge is 0.165 e. The fourth-order valence-corrected chi connectivity index (χ4v) is 19.0. The molecule has 0 aliphatic rings. The maximum absolute atomic E-state index is 5.44. The van der Waals surface area contributed by atoms with Gasteiger partial charge >= 0.3 is 0 Å². The van der Waals surface area contributed by atoms with E-state index in [-0.39, 0.29) is 0 Å². The van der Waals surface area contributed by atoms with Gasteiger partial charge in [-0.15, -0.1) is 11.3 Å². The molecule has 0 radical (unpaired) electrons. The third-order valence-corrected chi connectivity index (χ3v) is 23.1. The Kier molecular flexibility index (Phi) is 12.0. The van der Waals surface area contributed by atoms with Gasteiger partial charge in [0, 0.05) is 103 Å². The summed E-state index contributed by atoms with van der Waals surface area (Å²) < 4.78 is 12.4. The van der Waals surface area contributed by atoms with Crippen LogP contribution in [-0.2, 0) is 0 Å². The van der Waals surface area contributed by atoms with Crippen LogP contribution in [-0.4, -0.2) is 28.2 Å². The van der Waals surface area contributed by atoms with E-state index in [1.807, 2.05) is 23.5 Å². The van der Waals surface area contributed by atoms with Crippen molar-refractivity contribution < 1.29 is 0 Å². The molecule has 0 saturated heterocycles. The Morgan fingerprint density at radius 1 is 0.231 bits per heavy atom. The summed E-state index contributed by atoms with van der Waals surface area (Å²) in [6.07, 6.45) is 0. The second-order valence-corrected chi connectivity index (χ2v) is 28.5. The summed E-state index contributed by atoms with van der Waals surface area (Å²) in [6, 6.07) is 125. The van der Waals surface area contributed by atoms with Crippen molar-refractivity contribution >= 4 is 190 Å². The molecular formula is C96H57N7S. The molecule has 24 rings (SSSR count). The first kappa shape index (κ1) is 57.1. The van der Waals surface area contributed by atoms with Crippen LogP contribution in [0, 0.1) is 0 Å². The normalized spacial score (nSPS) is 12.2. The molecule has 6 heterocycles. The summed E-state index contributed by atoms with van der Waals surface area (Å²) in [5.41, 5.74) is 20.0. The second kappa shape index (κ2) is 21.9. The van der Waals surface area contributed by atoms with Crippen molar-refractivity contribution in [3.63, 3.8) is 0 Å². The van der Waals surface area contributed by atoms with Crippen LogP contribution in [0.15, 0.2) is 346 Å². The zero-order chi connectivity index (χ0) is 67.8. The van der Waals surface area contributed by atoms with E-state index in [9.17, 15) is 0 Å². The average Bonchev–Trinajstić information content (AvgIpc) is 1.52. The van der Waals surface area contributed by atoms with Gasteiger partial charge in [0.1, 0.15) is 5.69 Å². The molecule has 0 aliphatic carbocycles. The van der Waals surface area contributed by atoms with Crippen molar-refractivity contribution in [3.05, 3.63) is 346 Å². The summed E-state index contributed by atoms with van der Waals surface area (Å²) in [4.78, 5) is 13.1. The van der Waals surface area contributed by atoms with Gasteiger partial charge in [0.25, 0.3) is 0 Å². The standard InChI is InChI=1S/C48H28N4.C48H29N3S/c1-3-13-29(14-4-1)47-48(50-38-22-10-9-21-37(38)49-47)52-40-24-12-20-34-36-28-31-16-8-7-15-30(31)27-35(36)33-19-11-23-39-43(33)45-41(25-26-42(52)46(45)44(34)40)51(39)32-17-5-2-6-18-32;1-4-12-30(13-5-1)49(31-14-6-2-7-15-31)33-22-24-34(25-23-33)51-39-27-26-38-45-43-35(18-10-20-37(43)50(38)32-16-8-3-9-17-32)36-19-11-21-41-44(36)48-42(52-41)29-28-40(51)47(48)46(39)45/h1-28H;1-29H. The monoisotopic (exact) mass is 1340 g/mol. The summed E-state index contributed by atoms with van der Waals surface area (Å²) in [7, 11) is 0. The van der Waals surface area contributed by atoms with E-state index >= 15 is 0 Å². The number of aromatic nitrogens is 6. The lowest BCUT2D eigenvalue weighted by atomic mass is 9.93. The molecule has 0 bridgehead atoms. The van der Waals surface area contributed by atoms with Gasteiger partial charge in [0.05, 0.1) is 55.2 Å². The number of fused-ring (bicyclic) bond motifs is 6. The molecule has 18 aromatic carbocycles. The van der Waals surface area contributed by atoms with E-state index in [0.717, 1.165) is 67.6 Å². The third kappa shape index (κ3) is 8.05. The van der Waals surface area contributed by atoms with Gasteiger partial charge in [-0.05, 0) is 201 Å². The zero-order valence-electron chi connectivity index (χ0n) is 55.9. The van der Waals surface area contributed by atoms with Crippen LogP contribution < -0.4 is 4.90 Å². The lowest BCUT2D eigenvalue weighted by molar-refractivity contribution is 1.08. The summed E-state index contributed by atoms with van der Waals surface area (Å²) in [5.74, 6) is 0.825. The Bertz CT molecular complexity index is 7520. The van der Waals surface area contributed by atoms with Crippen LogP contribution in [0.25, 0.3) is 196 Å². The first-order valence-electron chi connectivity index (χ1n) is 35.5. The number of nitrogens with zero attached hydrogens (tertiary/aromatic N) is 7. The number of benzene rings is 16. The molecule has 6 aromatic heterocycles. The quantitative estimate of drug-likeness (QED) is 0.152. The molecule has 0 aliphatic heterocycles. The summed E-state index contributed by atoms with van der Waals surface area (Å²) in [6.45, 7) is 0. The SMILES string of the molecule is c1ccc(-c2nc3ccccc3nc2-n2c3cccc4c5cc6ccccc6cc5c5cccc6c5c5c(c43)c2ccc5n6-c2ccccc2)cc1.c1ccc(N(c2ccccc2)c2ccc(-n3c4ccc5sc6cccc7c8cccc9c8c8c(c4c5c67)c3ccc8n9-c3ccccc3)cc2)cc1. The van der Waals surface area contributed by atoms with Crippen molar-refractivity contribution in [2.75, 3.05) is 4.90 Å². The van der Waals surface area contributed by atoms with Gasteiger partial charge in [0.15, 0.2) is 5.82 Å². The highest BCUT2D eigenvalue weighted by molar-refractivity contribution is 7.26. The number of anilines is 3. The van der Waals surface area contributed by atoms with Crippen LogP contribution >= 0.6 is 11.3 Å². The molecular weight excluding hydrogens is 1280 g/mol. The zero-order valence-corrected chi connectivity index (χ0v) is 56.8. The van der Waals surface area contributed by atoms with E-state index in [0.29, 0.717) is 0 Å². The lowest BCUT2D eigenvalue weighted by Gasteiger charge is -2.25. The Hall–Kier alpha value is -13.7. The summed E-state index contributed by atoms with van der Waals surface area (Å²) >= 11 is 1.91. The fourth-order valence-electron chi connectivity index (χ4n) is 17.8. The van der Waals surface area contributed by atoms with Crippen LogP contribution in [0.4, 0.5) is 17.1 Å². The molecule has 104 heavy (non-hydrogen) atoms. The lowest BCUT2D eigenvalue weighted by Crippen LogP contribution is -2.09. The van der Waals surface area contributed by atoms with Gasteiger partial charge in [-0.1, -0.05) is 188 Å². The molecule has 0 amide bonds. The number of hydrogen-bond acceptors (Lipinski definition) is 4. The minimum atomic E-state index is 0.825. The van der Waals surface area contributed by atoms with E-state index in [4.69, 9.17) is 9.97 Å². The van der Waals surface area contributed by atoms with Crippen molar-refractivity contribution in [2.45, 2.75) is 0 Å². The Morgan fingerprint density at radius 3 is 1.11 bits per heavy atom. The number of rotatable bonds is 8. The molecule has 0 fully saturated rings. The molecule has 0 unspecified atom stereocenters. The first-order valence-corrected chi connectivity index (χ1v) is 36.4. The Morgan fingerprint density at radius 2 is 0.587 bits per heavy atom. The van der Waals surface area contributed by atoms with Crippen LogP contribution in [0.5, 0.6) is 0 Å². The number of hydrogen-bond donors (Lipinski definition) is 0. The van der Waals surface area contributed by atoms with Gasteiger partial charge in [-0.2, -0.15) is 0 Å². The van der Waals surface area contributed by atoms with Gasteiger partial charge in [-0.25, -0.2) is 9.97 Å². The van der Waals surface area contributed by atoms with E-state index in [1.165, 1.54) is 145 Å². The van der Waals surface area contributed by atoms with Gasteiger partial charge < -0.3 is 18.6 Å². The summed E-state index contributed by atoms with van der Waals surface area (Å²) in [5, 5.41) is 23.1. The molecule has 0 N–H and O–H groups in total. The molecule has 8 heteroatoms. The van der Waals surface area contributed by atoms with Crippen LogP contribution in [0.2, 0.25) is 0 Å². The molecule has 0 atom stereocenters. The molecule has 24 aromatic rings. The van der Waals surface area contributed by atoms with Crippen molar-refractivity contribution in [3.8, 4) is 34.1 Å². The van der Waals surface area contributed by atoms with Crippen molar-refractivity contribution in [2.24, 2.45) is 0 Å². The molecule has 7 nitrogen and oxygen atoms in total. The van der Waals surface area contributed by atoms with Crippen molar-refractivity contribution in [1.29, 1.82) is 0 Å². The van der Waals surface area contributed by atoms with E-state index in [2.05, 4.69) is 357 Å². The molecule has 0 saturated carbocycles. The third-order valence-electron chi connectivity index (χ3n) is 22.0. The molecule has 0 spiro atoms. The minimum absolute atomic E-state index is 0.825. The van der Waals surface area contributed by atoms with Crippen LogP contribution in [0.3, 0.4) is 0 Å². The van der Waals surface area contributed by atoms with Gasteiger partial charge in [-0.3, -0.25) is 4.57 Å². The topological polar surface area (TPSA) is 48.7 Å². The predicted octanol–water partition coefficient (Wildman–Crippen LogP) is 26.1. The maximum Gasteiger partial charge on any atom is 0.165 e. The highest BCUT2D eigenvalue weighted by Crippen LogP contribution is 2.53. The fraction of sp³-hybridized carbons (Fsp3) is 0. The second-order valence-electron chi connectivity index (χ2n) is 27.5. The van der Waals surface area contributed by atoms with E-state index in [1.54, 1.807) is 0 Å². The largest absolute Gasteiger partial charge is 0.311 e. The number of thiophene rings is 1. The van der Waals surface area contributed by atoms with Crippen molar-refractivity contribution in [1.82, 2.24) is 28.2 Å². The Labute approximate surface area is 599 Å². The maximum atomic E-state index is 5.44. The number of para-hydroxylation sites is 6. The van der Waals surface area contributed by atoms with Gasteiger partial charge in [0.2, 0.25) is 0 Å². The predicted molar refractivity (Wildman–Crippen MR) is 440 cm³/mol.